The molecule has 0 heterocycles. The first-order valence-corrected chi connectivity index (χ1v) is 18.7. The summed E-state index contributed by atoms with van der Waals surface area (Å²) < 4.78 is 8.88. The van der Waals surface area contributed by atoms with E-state index in [2.05, 4.69) is 43.8 Å². The Morgan fingerprint density at radius 3 is 2.13 bits per heavy atom. The molecule has 0 aromatic carbocycles. The fraction of sp³-hybridized carbons (Fsp3) is 0.385. The Morgan fingerprint density at radius 1 is 1.20 bits per heavy atom. The molecule has 0 amide bonds. The van der Waals surface area contributed by atoms with Gasteiger partial charge in [-0.25, -0.2) is 12.2 Å². The molecule has 82 valence electrons. The summed E-state index contributed by atoms with van der Waals surface area (Å²) in [4.78, 5) is 0. The van der Waals surface area contributed by atoms with Crippen LogP contribution < -0.4 is 0 Å². The third-order valence-corrected chi connectivity index (χ3v) is 9.71. The topological polar surface area (TPSA) is 0 Å². The maximum atomic E-state index is 3.40. The molecule has 0 fully saturated rings. The number of allylic oxidation sites excluding steroid dienone is 8. The molecule has 2 aliphatic carbocycles. The second-order valence-corrected chi connectivity index (χ2v) is 24.0. The van der Waals surface area contributed by atoms with Gasteiger partial charge < -0.3 is 2.85 Å². The first-order valence-electron chi connectivity index (χ1n) is 5.10. The van der Waals surface area contributed by atoms with Crippen molar-refractivity contribution in [2.75, 3.05) is 0 Å². The van der Waals surface area contributed by atoms with E-state index in [1.807, 2.05) is 12.2 Å². The molecule has 0 saturated carbocycles. The molecule has 0 bridgehead atoms. The summed E-state index contributed by atoms with van der Waals surface area (Å²) in [7, 11) is 0. The summed E-state index contributed by atoms with van der Waals surface area (Å²) in [5.74, 6) is 0. The molecule has 0 saturated heterocycles. The monoisotopic (exact) mass is 432 g/mol. The van der Waals surface area contributed by atoms with E-state index >= 15 is 0 Å². The zero-order valence-electron chi connectivity index (χ0n) is 11.8. The molecule has 2 heteroatoms. The van der Waals surface area contributed by atoms with E-state index in [0.717, 1.165) is 12.8 Å². The molecule has 0 radical (unpaired) electrons. The summed E-state index contributed by atoms with van der Waals surface area (Å²) in [6, 6.07) is 0. The van der Waals surface area contributed by atoms with Crippen molar-refractivity contribution in [3.05, 3.63) is 45.7 Å². The molecule has 0 aromatic heterocycles. The molecular weight excluding hydrogens is 411 g/mol. The van der Waals surface area contributed by atoms with E-state index in [1.165, 1.54) is 0 Å². The predicted octanol–water partition coefficient (Wildman–Crippen LogP) is 4.08. The Kier molecular flexibility index (Phi) is 8.11. The van der Waals surface area contributed by atoms with E-state index in [0.29, 0.717) is 0 Å². The van der Waals surface area contributed by atoms with Crippen LogP contribution in [0.4, 0.5) is 0 Å². The Balaban J connectivity index is -0.000000216. The van der Waals surface area contributed by atoms with Crippen molar-refractivity contribution in [3.8, 4) is 0 Å². The first kappa shape index (κ1) is 15.6. The van der Waals surface area contributed by atoms with Gasteiger partial charge in [0.1, 0.15) is 0 Å². The van der Waals surface area contributed by atoms with E-state index in [-0.39, 0.29) is 24.6 Å². The van der Waals surface area contributed by atoms with Crippen LogP contribution >= 0.6 is 0 Å². The van der Waals surface area contributed by atoms with Crippen LogP contribution in [0.3, 0.4) is 0 Å². The third-order valence-electron chi connectivity index (χ3n) is 2.09. The molecule has 2 aliphatic rings. The van der Waals surface area contributed by atoms with Gasteiger partial charge in [0, 0.05) is 0 Å². The van der Waals surface area contributed by atoms with Gasteiger partial charge in [0.25, 0.3) is 0 Å². The summed E-state index contributed by atoms with van der Waals surface area (Å²) in [6.45, 7) is 0. The second kappa shape index (κ2) is 7.80. The van der Waals surface area contributed by atoms with Gasteiger partial charge in [-0.1, -0.05) is 0 Å². The van der Waals surface area contributed by atoms with Crippen molar-refractivity contribution in [1.29, 1.82) is 0 Å². The van der Waals surface area contributed by atoms with Crippen molar-refractivity contribution in [2.45, 2.75) is 26.3 Å². The first-order chi connectivity index (χ1) is 6.61. The van der Waals surface area contributed by atoms with E-state index < -0.39 is 21.2 Å². The summed E-state index contributed by atoms with van der Waals surface area (Å²) in [6.07, 6.45) is 18.9. The maximum Gasteiger partial charge on any atom is 2.00 e. The maximum absolute atomic E-state index is 3.40. The van der Waals surface area contributed by atoms with Crippen LogP contribution in [0, 0.1) is 12.2 Å². The minimum absolute atomic E-state index is 0. The molecule has 2 rings (SSSR count). The van der Waals surface area contributed by atoms with Crippen LogP contribution in [0.25, 0.3) is 0 Å². The number of hydrogen-bond donors (Lipinski definition) is 0. The molecule has 0 nitrogen and oxygen atoms in total. The van der Waals surface area contributed by atoms with Crippen molar-refractivity contribution in [3.63, 3.8) is 0 Å². The minimum Gasteiger partial charge on any atom is -1.00 e. The van der Waals surface area contributed by atoms with Crippen LogP contribution in [-0.4, -0.2) is 21.2 Å². The Bertz CT molecular complexity index is 289. The molecular formula is C13H20PbTi-2. The molecule has 0 unspecified atom stereocenters. The summed E-state index contributed by atoms with van der Waals surface area (Å²) in [5.41, 5.74) is 0. The fourth-order valence-corrected chi connectivity index (χ4v) is 6.12. The van der Waals surface area contributed by atoms with E-state index in [4.69, 9.17) is 0 Å². The molecule has 0 aliphatic heterocycles. The molecule has 15 heavy (non-hydrogen) atoms. The van der Waals surface area contributed by atoms with Gasteiger partial charge in [0.15, 0.2) is 0 Å². The SMILES string of the molecule is [C-]1=CC=CC1.[CH3][Pb]([CH3])([CH3])[C]1=[C-]CC=C1.[H-].[H-].[Ti+2]. The summed E-state index contributed by atoms with van der Waals surface area (Å²) in [5, 5.41) is 0. The zero-order valence-corrected chi connectivity index (χ0v) is 15.2. The van der Waals surface area contributed by atoms with Gasteiger partial charge in [-0.15, -0.1) is 6.42 Å². The standard InChI is InChI=1S/C5H5.C5H4.3CH3.Pb.Ti.2H/c2*1-2-4-5-3-1;;;;;;;/h1-3H,4H2;1-2H,3H2;3*1H3;;;;/q2*-1;;;;;+2;2*-1. The van der Waals surface area contributed by atoms with Gasteiger partial charge in [-0.05, 0) is 0 Å². The van der Waals surface area contributed by atoms with Gasteiger partial charge in [0.2, 0.25) is 0 Å². The molecule has 0 spiro atoms. The third kappa shape index (κ3) is 6.70. The number of rotatable bonds is 1. The van der Waals surface area contributed by atoms with E-state index in [1.54, 1.807) is 3.13 Å². The Labute approximate surface area is 117 Å². The van der Waals surface area contributed by atoms with Gasteiger partial charge in [-0.3, -0.25) is 6.08 Å². The predicted molar refractivity (Wildman–Crippen MR) is 67.7 cm³/mol. The van der Waals surface area contributed by atoms with Crippen LogP contribution in [-0.2, 0) is 21.7 Å². The van der Waals surface area contributed by atoms with Crippen LogP contribution in [0.1, 0.15) is 15.7 Å². The van der Waals surface area contributed by atoms with Crippen LogP contribution in [0.5, 0.6) is 0 Å². The van der Waals surface area contributed by atoms with Crippen molar-refractivity contribution in [2.24, 2.45) is 0 Å². The smallest absolute Gasteiger partial charge is 1.00 e. The Morgan fingerprint density at radius 2 is 1.93 bits per heavy atom. The van der Waals surface area contributed by atoms with Crippen molar-refractivity contribution < 1.29 is 24.6 Å². The molecule has 0 N–H and O–H groups in total. The summed E-state index contributed by atoms with van der Waals surface area (Å²) >= 11 is -1.79. The van der Waals surface area contributed by atoms with Crippen molar-refractivity contribution >= 4 is 21.2 Å². The Hall–Kier alpha value is 0.596. The average Bonchev–Trinajstić information content (AvgIpc) is 2.80. The molecule has 0 aromatic rings. The minimum atomic E-state index is -1.79. The second-order valence-electron chi connectivity index (χ2n) is 4.45. The average molecular weight is 431 g/mol. The molecule has 0 atom stereocenters. The zero-order chi connectivity index (χ0) is 10.4. The van der Waals surface area contributed by atoms with E-state index in [9.17, 15) is 0 Å². The van der Waals surface area contributed by atoms with Crippen LogP contribution in [0.2, 0.25) is 13.4 Å². The van der Waals surface area contributed by atoms with Gasteiger partial charge in [-0.2, -0.15) is 6.08 Å². The number of hydrogen-bond acceptors (Lipinski definition) is 0. The fourth-order valence-electron chi connectivity index (χ4n) is 1.26. The van der Waals surface area contributed by atoms with Gasteiger partial charge >= 0.3 is 84.1 Å². The van der Waals surface area contributed by atoms with Crippen molar-refractivity contribution in [1.82, 2.24) is 0 Å². The van der Waals surface area contributed by atoms with Crippen LogP contribution in [0.15, 0.2) is 33.5 Å². The normalized spacial score (nSPS) is 16.9. The quantitative estimate of drug-likeness (QED) is 0.434. The largest absolute Gasteiger partial charge is 2.00 e. The van der Waals surface area contributed by atoms with Gasteiger partial charge in [0.05, 0.1) is 0 Å².